The highest BCUT2D eigenvalue weighted by Gasteiger charge is 2.37. The first kappa shape index (κ1) is 20.3. The van der Waals surface area contributed by atoms with Crippen LogP contribution in [0.2, 0.25) is 0 Å². The minimum atomic E-state index is -3.90. The van der Waals surface area contributed by atoms with Crippen molar-refractivity contribution in [2.75, 3.05) is 14.8 Å². The van der Waals surface area contributed by atoms with E-state index in [1.165, 1.54) is 12.1 Å². The van der Waals surface area contributed by atoms with Gasteiger partial charge in [0.05, 0.1) is 22.0 Å². The number of nitrogens with one attached hydrogen (secondary N) is 1. The van der Waals surface area contributed by atoms with Gasteiger partial charge in [-0.15, -0.1) is 0 Å². The molecule has 1 aliphatic heterocycles. The van der Waals surface area contributed by atoms with Crippen LogP contribution in [0.3, 0.4) is 0 Å². The summed E-state index contributed by atoms with van der Waals surface area (Å²) in [5.74, 6) is -0.749. The first-order chi connectivity index (χ1) is 12.9. The van der Waals surface area contributed by atoms with Crippen molar-refractivity contribution < 1.29 is 21.6 Å². The summed E-state index contributed by atoms with van der Waals surface area (Å²) in [6.45, 7) is 6.85. The Kier molecular flexibility index (Phi) is 5.01. The van der Waals surface area contributed by atoms with Gasteiger partial charge in [-0.1, -0.05) is 12.1 Å². The SMILES string of the molecule is Cc1ccc(C)c(NS(=O)(=O)c2c(C)cc(N3C(=O)CCS3(=O)=O)cc2C)c1. The third-order valence-corrected chi connectivity index (χ3v) is 8.03. The number of aryl methyl sites for hydroxylation is 4. The molecule has 7 nitrogen and oxygen atoms in total. The van der Waals surface area contributed by atoms with Crippen LogP contribution in [0.5, 0.6) is 0 Å². The molecule has 1 amide bonds. The molecule has 1 saturated heterocycles. The fourth-order valence-electron chi connectivity index (χ4n) is 3.38. The van der Waals surface area contributed by atoms with E-state index in [0.29, 0.717) is 16.8 Å². The van der Waals surface area contributed by atoms with Crippen molar-refractivity contribution >= 4 is 37.3 Å². The molecule has 0 spiro atoms. The summed E-state index contributed by atoms with van der Waals surface area (Å²) in [5.41, 5.74) is 3.09. The highest BCUT2D eigenvalue weighted by molar-refractivity contribution is 7.94. The first-order valence-electron chi connectivity index (χ1n) is 8.69. The second kappa shape index (κ2) is 6.89. The zero-order valence-corrected chi connectivity index (χ0v) is 17.7. The molecule has 0 saturated carbocycles. The van der Waals surface area contributed by atoms with Crippen LogP contribution in [0.4, 0.5) is 11.4 Å². The van der Waals surface area contributed by atoms with E-state index in [2.05, 4.69) is 4.72 Å². The van der Waals surface area contributed by atoms with E-state index in [0.717, 1.165) is 15.4 Å². The molecule has 0 aliphatic carbocycles. The van der Waals surface area contributed by atoms with Gasteiger partial charge in [0.2, 0.25) is 15.9 Å². The topological polar surface area (TPSA) is 101 Å². The summed E-state index contributed by atoms with van der Waals surface area (Å²) in [5, 5.41) is 0. The number of carbonyl (C=O) groups excluding carboxylic acids is 1. The molecule has 0 aromatic heterocycles. The molecule has 3 rings (SSSR count). The van der Waals surface area contributed by atoms with Gasteiger partial charge in [0, 0.05) is 6.42 Å². The number of anilines is 2. The summed E-state index contributed by atoms with van der Waals surface area (Å²) in [6, 6.07) is 8.32. The van der Waals surface area contributed by atoms with Crippen molar-refractivity contribution in [2.24, 2.45) is 0 Å². The number of carbonyl (C=O) groups is 1. The molecule has 1 aliphatic rings. The normalized spacial score (nSPS) is 16.4. The molecule has 9 heteroatoms. The lowest BCUT2D eigenvalue weighted by Crippen LogP contribution is -2.29. The number of nitrogens with zero attached hydrogens (tertiary/aromatic N) is 1. The predicted molar refractivity (Wildman–Crippen MR) is 109 cm³/mol. The predicted octanol–water partition coefficient (Wildman–Crippen LogP) is 2.79. The largest absolute Gasteiger partial charge is 0.279 e. The van der Waals surface area contributed by atoms with Gasteiger partial charge in [-0.25, -0.2) is 21.1 Å². The Morgan fingerprint density at radius 1 is 0.964 bits per heavy atom. The van der Waals surface area contributed by atoms with Crippen LogP contribution in [0, 0.1) is 27.7 Å². The molecular weight excluding hydrogens is 400 g/mol. The summed E-state index contributed by atoms with van der Waals surface area (Å²) in [7, 11) is -7.61. The van der Waals surface area contributed by atoms with Gasteiger partial charge in [-0.2, -0.15) is 0 Å². The standard InChI is InChI=1S/C19H22N2O5S2/c1-12-5-6-13(2)17(9-12)20-28(25,26)19-14(3)10-16(11-15(19)4)21-18(22)7-8-27(21,23)24/h5-6,9-11,20H,7-8H2,1-4H3. The Morgan fingerprint density at radius 3 is 2.11 bits per heavy atom. The molecule has 150 valence electrons. The molecule has 0 unspecified atom stereocenters. The Balaban J connectivity index is 2.06. The smallest absolute Gasteiger partial charge is 0.262 e. The molecule has 0 radical (unpaired) electrons. The van der Waals surface area contributed by atoms with Gasteiger partial charge < -0.3 is 0 Å². The molecule has 1 fully saturated rings. The number of sulfonamides is 2. The van der Waals surface area contributed by atoms with Gasteiger partial charge in [-0.05, 0) is 68.1 Å². The molecular formula is C19H22N2O5S2. The molecule has 1 heterocycles. The van der Waals surface area contributed by atoms with E-state index in [4.69, 9.17) is 0 Å². The Morgan fingerprint density at radius 2 is 1.57 bits per heavy atom. The summed E-state index contributed by atoms with van der Waals surface area (Å²) in [4.78, 5) is 12.1. The minimum absolute atomic E-state index is 0.0706. The van der Waals surface area contributed by atoms with Crippen LogP contribution in [0.1, 0.15) is 28.7 Å². The van der Waals surface area contributed by atoms with Crippen molar-refractivity contribution in [3.63, 3.8) is 0 Å². The molecule has 28 heavy (non-hydrogen) atoms. The van der Waals surface area contributed by atoms with Crippen LogP contribution in [-0.4, -0.2) is 28.5 Å². The zero-order valence-electron chi connectivity index (χ0n) is 16.1. The Labute approximate surface area is 165 Å². The van der Waals surface area contributed by atoms with Crippen LogP contribution in [0.25, 0.3) is 0 Å². The summed E-state index contributed by atoms with van der Waals surface area (Å²) >= 11 is 0. The molecule has 2 aromatic carbocycles. The monoisotopic (exact) mass is 422 g/mol. The fraction of sp³-hybridized carbons (Fsp3) is 0.316. The average molecular weight is 423 g/mol. The van der Waals surface area contributed by atoms with E-state index in [1.54, 1.807) is 19.9 Å². The number of hydrogen-bond acceptors (Lipinski definition) is 5. The van der Waals surface area contributed by atoms with Crippen molar-refractivity contribution in [3.8, 4) is 0 Å². The van der Waals surface area contributed by atoms with Crippen LogP contribution >= 0.6 is 0 Å². The lowest BCUT2D eigenvalue weighted by Gasteiger charge is -2.20. The molecule has 0 bridgehead atoms. The van der Waals surface area contributed by atoms with E-state index >= 15 is 0 Å². The quantitative estimate of drug-likeness (QED) is 0.817. The second-order valence-corrected chi connectivity index (χ2v) is 10.6. The lowest BCUT2D eigenvalue weighted by molar-refractivity contribution is -0.116. The first-order valence-corrected chi connectivity index (χ1v) is 11.8. The van der Waals surface area contributed by atoms with Crippen molar-refractivity contribution in [2.45, 2.75) is 39.0 Å². The zero-order chi connectivity index (χ0) is 20.9. The van der Waals surface area contributed by atoms with Crippen molar-refractivity contribution in [3.05, 3.63) is 52.6 Å². The van der Waals surface area contributed by atoms with E-state index in [-0.39, 0.29) is 22.8 Å². The fourth-order valence-corrected chi connectivity index (χ4v) is 6.40. The number of amides is 1. The van der Waals surface area contributed by atoms with Crippen LogP contribution in [0.15, 0.2) is 35.2 Å². The number of benzene rings is 2. The molecule has 1 N–H and O–H groups in total. The van der Waals surface area contributed by atoms with Gasteiger partial charge in [-0.3, -0.25) is 9.52 Å². The lowest BCUT2D eigenvalue weighted by atomic mass is 10.1. The number of hydrogen-bond donors (Lipinski definition) is 1. The maximum Gasteiger partial charge on any atom is 0.262 e. The summed E-state index contributed by atoms with van der Waals surface area (Å²) < 4.78 is 53.7. The van der Waals surface area contributed by atoms with Gasteiger partial charge in [0.15, 0.2) is 0 Å². The van der Waals surface area contributed by atoms with Gasteiger partial charge in [0.25, 0.3) is 10.0 Å². The van der Waals surface area contributed by atoms with Gasteiger partial charge >= 0.3 is 0 Å². The maximum atomic E-state index is 13.0. The Bertz CT molecular complexity index is 1160. The van der Waals surface area contributed by atoms with E-state index in [1.807, 2.05) is 26.0 Å². The van der Waals surface area contributed by atoms with Crippen LogP contribution < -0.4 is 9.03 Å². The molecule has 0 atom stereocenters. The van der Waals surface area contributed by atoms with Crippen molar-refractivity contribution in [1.82, 2.24) is 0 Å². The minimum Gasteiger partial charge on any atom is -0.279 e. The van der Waals surface area contributed by atoms with E-state index < -0.39 is 26.0 Å². The third-order valence-electron chi connectivity index (χ3n) is 4.66. The highest BCUT2D eigenvalue weighted by atomic mass is 32.2. The maximum absolute atomic E-state index is 13.0. The highest BCUT2D eigenvalue weighted by Crippen LogP contribution is 2.32. The average Bonchev–Trinajstić information content (AvgIpc) is 2.82. The van der Waals surface area contributed by atoms with Gasteiger partial charge in [0.1, 0.15) is 0 Å². The van der Waals surface area contributed by atoms with Crippen molar-refractivity contribution in [1.29, 1.82) is 0 Å². The third kappa shape index (κ3) is 3.64. The van der Waals surface area contributed by atoms with Crippen LogP contribution in [-0.2, 0) is 24.8 Å². The van der Waals surface area contributed by atoms with E-state index in [9.17, 15) is 21.6 Å². The summed E-state index contributed by atoms with van der Waals surface area (Å²) in [6.07, 6.45) is -0.0747. The number of rotatable bonds is 4. The second-order valence-electron chi connectivity index (χ2n) is 7.06. The Hall–Kier alpha value is -2.39. The molecule has 2 aromatic rings.